The van der Waals surface area contributed by atoms with Crippen LogP contribution in [0.2, 0.25) is 0 Å². The Hall–Kier alpha value is -1.81. The van der Waals surface area contributed by atoms with Crippen LogP contribution in [-0.4, -0.2) is 62.5 Å². The number of carbonyl (C=O) groups is 4. The summed E-state index contributed by atoms with van der Waals surface area (Å²) in [7, 11) is 0. The molecule has 23 heavy (non-hydrogen) atoms. The maximum Gasteiger partial charge on any atom is 0.417 e. The normalized spacial score (nSPS) is 13.8. The van der Waals surface area contributed by atoms with E-state index in [0.717, 1.165) is 0 Å². The van der Waals surface area contributed by atoms with Crippen molar-refractivity contribution in [3.05, 3.63) is 0 Å². The number of amides is 2. The number of nitrogens with two attached hydrogens (primary N) is 1. The van der Waals surface area contributed by atoms with Crippen LogP contribution in [0.4, 0.5) is 4.79 Å². The van der Waals surface area contributed by atoms with Gasteiger partial charge in [-0.05, 0) is 27.2 Å². The average Bonchev–Trinajstić information content (AvgIpc) is 2.38. The summed E-state index contributed by atoms with van der Waals surface area (Å²) in [4.78, 5) is 46.8. The number of hydrogen-bond donors (Lipinski definition) is 4. The van der Waals surface area contributed by atoms with Crippen molar-refractivity contribution < 1.29 is 34.1 Å². The van der Waals surface area contributed by atoms with Crippen molar-refractivity contribution in [2.45, 2.75) is 51.3 Å². The predicted molar refractivity (Wildman–Crippen MR) is 83.2 cm³/mol. The fourth-order valence-electron chi connectivity index (χ4n) is 1.56. The second kappa shape index (κ2) is 8.73. The number of nitrogens with zero attached hydrogens (tertiary/aromatic N) is 1. The van der Waals surface area contributed by atoms with Gasteiger partial charge in [-0.25, -0.2) is 14.5 Å². The minimum absolute atomic E-state index is 0.122. The maximum atomic E-state index is 12.2. The molecule has 0 aliphatic heterocycles. The van der Waals surface area contributed by atoms with E-state index in [-0.39, 0.29) is 5.75 Å². The summed E-state index contributed by atoms with van der Waals surface area (Å²) in [6, 6.07) is -2.92. The Bertz CT molecular complexity index is 475. The summed E-state index contributed by atoms with van der Waals surface area (Å²) >= 11 is 3.84. The predicted octanol–water partition coefficient (Wildman–Crippen LogP) is 0.325. The molecule has 0 aromatic carbocycles. The van der Waals surface area contributed by atoms with E-state index < -0.39 is 54.5 Å². The zero-order valence-corrected chi connectivity index (χ0v) is 14.1. The zero-order chi connectivity index (χ0) is 18.4. The largest absolute Gasteiger partial charge is 0.481 e. The molecule has 0 spiro atoms. The highest BCUT2D eigenvalue weighted by molar-refractivity contribution is 7.80. The fraction of sp³-hybridized carbons (Fsp3) is 0.692. The highest BCUT2D eigenvalue weighted by atomic mass is 32.1. The molecule has 0 fully saturated rings. The first-order valence-corrected chi connectivity index (χ1v) is 7.41. The quantitative estimate of drug-likeness (QED) is 0.480. The van der Waals surface area contributed by atoms with Gasteiger partial charge in [0.25, 0.3) is 0 Å². The number of hydrogen-bond acceptors (Lipinski definition) is 7. The van der Waals surface area contributed by atoms with Gasteiger partial charge in [0.2, 0.25) is 5.91 Å². The van der Waals surface area contributed by atoms with E-state index in [9.17, 15) is 24.3 Å². The lowest BCUT2D eigenvalue weighted by Gasteiger charge is -2.31. The number of thiol groups is 1. The second-order valence-corrected chi connectivity index (χ2v) is 6.13. The number of aliphatic carboxylic acids is 2. The van der Waals surface area contributed by atoms with Crippen LogP contribution < -0.4 is 5.73 Å². The molecule has 2 atom stereocenters. The van der Waals surface area contributed by atoms with Crippen molar-refractivity contribution in [2.75, 3.05) is 5.75 Å². The van der Waals surface area contributed by atoms with Crippen LogP contribution in [0.15, 0.2) is 0 Å². The Morgan fingerprint density at radius 1 is 1.22 bits per heavy atom. The fourth-order valence-corrected chi connectivity index (χ4v) is 1.72. The average molecular weight is 350 g/mol. The minimum Gasteiger partial charge on any atom is -0.481 e. The summed E-state index contributed by atoms with van der Waals surface area (Å²) < 4.78 is 5.03. The van der Waals surface area contributed by atoms with E-state index >= 15 is 0 Å². The number of carbonyl (C=O) groups excluding carboxylic acids is 2. The third-order valence-corrected chi connectivity index (χ3v) is 2.96. The number of rotatable bonds is 7. The molecule has 0 saturated heterocycles. The minimum atomic E-state index is -1.70. The Balaban J connectivity index is 5.59. The number of carboxylic acid groups (broad SMARTS) is 2. The molecular formula is C13H22N2O7S. The standard InChI is InChI=1S/C13H22N2O7S/c1-13(2,3)22-12(21)15(10(18)7(14)6-23)8(11(19)20)4-5-9(16)17/h7-8,23H,4-6,14H2,1-3H3,(H,16,17)(H,19,20)/t7-,8-/m0/s1. The van der Waals surface area contributed by atoms with Gasteiger partial charge in [0.05, 0.1) is 6.04 Å². The van der Waals surface area contributed by atoms with E-state index in [1.54, 1.807) is 20.8 Å². The molecule has 0 heterocycles. The van der Waals surface area contributed by atoms with Gasteiger partial charge in [-0.1, -0.05) is 0 Å². The van der Waals surface area contributed by atoms with E-state index in [4.69, 9.17) is 15.6 Å². The van der Waals surface area contributed by atoms with Crippen molar-refractivity contribution in [2.24, 2.45) is 5.73 Å². The van der Waals surface area contributed by atoms with Crippen LogP contribution in [0.1, 0.15) is 33.6 Å². The molecule has 0 aliphatic carbocycles. The van der Waals surface area contributed by atoms with Crippen LogP contribution in [0.3, 0.4) is 0 Å². The highest BCUT2D eigenvalue weighted by Crippen LogP contribution is 2.16. The molecule has 2 amide bonds. The molecular weight excluding hydrogens is 328 g/mol. The lowest BCUT2D eigenvalue weighted by Crippen LogP contribution is -2.56. The molecule has 0 saturated carbocycles. The summed E-state index contributed by atoms with van der Waals surface area (Å²) in [5, 5.41) is 17.9. The molecule has 0 rings (SSSR count). The lowest BCUT2D eigenvalue weighted by atomic mass is 10.1. The van der Waals surface area contributed by atoms with Gasteiger partial charge in [-0.15, -0.1) is 0 Å². The first kappa shape index (κ1) is 21.2. The van der Waals surface area contributed by atoms with Gasteiger partial charge in [0.15, 0.2) is 0 Å². The van der Waals surface area contributed by atoms with E-state index in [1.165, 1.54) is 0 Å². The van der Waals surface area contributed by atoms with Crippen LogP contribution in [-0.2, 0) is 19.1 Å². The molecule has 0 aromatic rings. The first-order chi connectivity index (χ1) is 10.4. The summed E-state index contributed by atoms with van der Waals surface area (Å²) in [5.41, 5.74) is 4.55. The monoisotopic (exact) mass is 350 g/mol. The van der Waals surface area contributed by atoms with Gasteiger partial charge in [-0.3, -0.25) is 9.59 Å². The first-order valence-electron chi connectivity index (χ1n) is 6.77. The van der Waals surface area contributed by atoms with Crippen LogP contribution >= 0.6 is 12.6 Å². The maximum absolute atomic E-state index is 12.2. The molecule has 0 radical (unpaired) electrons. The van der Waals surface area contributed by atoms with Crippen molar-refractivity contribution in [3.8, 4) is 0 Å². The summed E-state index contributed by atoms with van der Waals surface area (Å²) in [5.74, 6) is -3.90. The Labute approximate surface area is 139 Å². The molecule has 132 valence electrons. The van der Waals surface area contributed by atoms with E-state index in [0.29, 0.717) is 4.90 Å². The van der Waals surface area contributed by atoms with Crippen molar-refractivity contribution in [1.82, 2.24) is 4.90 Å². The molecule has 0 unspecified atom stereocenters. The van der Waals surface area contributed by atoms with Crippen LogP contribution in [0.5, 0.6) is 0 Å². The topological polar surface area (TPSA) is 147 Å². The summed E-state index contributed by atoms with van der Waals surface area (Å²) in [6.07, 6.45) is -2.20. The number of imide groups is 1. The Kier molecular flexibility index (Phi) is 8.04. The van der Waals surface area contributed by atoms with Crippen molar-refractivity contribution >= 4 is 36.6 Å². The van der Waals surface area contributed by atoms with Gasteiger partial charge in [-0.2, -0.15) is 12.6 Å². The second-order valence-electron chi connectivity index (χ2n) is 5.76. The third kappa shape index (κ3) is 7.33. The molecule has 10 heteroatoms. The molecule has 4 N–H and O–H groups in total. The molecule has 0 aliphatic rings. The molecule has 0 bridgehead atoms. The molecule has 9 nitrogen and oxygen atoms in total. The zero-order valence-electron chi connectivity index (χ0n) is 13.2. The van der Waals surface area contributed by atoms with Crippen LogP contribution in [0.25, 0.3) is 0 Å². The Morgan fingerprint density at radius 3 is 2.09 bits per heavy atom. The number of carboxylic acids is 2. The smallest absolute Gasteiger partial charge is 0.417 e. The van der Waals surface area contributed by atoms with Gasteiger partial charge in [0, 0.05) is 12.2 Å². The van der Waals surface area contributed by atoms with E-state index in [1.807, 2.05) is 0 Å². The SMILES string of the molecule is CC(C)(C)OC(=O)N(C(=O)[C@@H](N)CS)[C@@H](CCC(=O)O)C(=O)O. The van der Waals surface area contributed by atoms with Gasteiger partial charge < -0.3 is 20.7 Å². The van der Waals surface area contributed by atoms with E-state index in [2.05, 4.69) is 12.6 Å². The number of ether oxygens (including phenoxy) is 1. The van der Waals surface area contributed by atoms with Gasteiger partial charge in [0.1, 0.15) is 11.6 Å². The molecule has 0 aromatic heterocycles. The van der Waals surface area contributed by atoms with Crippen LogP contribution in [0, 0.1) is 0 Å². The van der Waals surface area contributed by atoms with Crippen molar-refractivity contribution in [1.29, 1.82) is 0 Å². The highest BCUT2D eigenvalue weighted by Gasteiger charge is 2.39. The lowest BCUT2D eigenvalue weighted by molar-refractivity contribution is -0.151. The summed E-state index contributed by atoms with van der Waals surface area (Å²) in [6.45, 7) is 4.62. The Morgan fingerprint density at radius 2 is 1.74 bits per heavy atom. The van der Waals surface area contributed by atoms with Gasteiger partial charge >= 0.3 is 18.0 Å². The third-order valence-electron chi connectivity index (χ3n) is 2.57. The van der Waals surface area contributed by atoms with Crippen molar-refractivity contribution in [3.63, 3.8) is 0 Å².